The van der Waals surface area contributed by atoms with Crippen molar-refractivity contribution in [2.75, 3.05) is 16.2 Å². The van der Waals surface area contributed by atoms with Gasteiger partial charge in [-0.1, -0.05) is 17.7 Å². The molecular weight excluding hydrogens is 248 g/mol. The lowest BCUT2D eigenvalue weighted by Crippen LogP contribution is -2.18. The predicted molar refractivity (Wildman–Crippen MR) is 66.0 cm³/mol. The van der Waals surface area contributed by atoms with Gasteiger partial charge >= 0.3 is 0 Å². The molecule has 0 aromatic heterocycles. The molecule has 0 aliphatic heterocycles. The Morgan fingerprint density at radius 3 is 2.69 bits per heavy atom. The van der Waals surface area contributed by atoms with Crippen LogP contribution in [-0.2, 0) is 10.0 Å². The average molecular weight is 261 g/mol. The topological polar surface area (TPSA) is 72.2 Å². The highest BCUT2D eigenvalue weighted by atomic mass is 35.5. The molecule has 88 valence electrons. The number of nitrogens with two attached hydrogens (primary N) is 1. The summed E-state index contributed by atoms with van der Waals surface area (Å²) >= 11 is 5.88. The number of anilines is 2. The third kappa shape index (κ3) is 2.80. The van der Waals surface area contributed by atoms with Crippen molar-refractivity contribution in [1.82, 2.24) is 0 Å². The molecule has 16 heavy (non-hydrogen) atoms. The minimum Gasteiger partial charge on any atom is -0.397 e. The highest BCUT2D eigenvalue weighted by molar-refractivity contribution is 7.92. The van der Waals surface area contributed by atoms with Crippen LogP contribution in [0.15, 0.2) is 18.2 Å². The zero-order chi connectivity index (χ0) is 11.8. The van der Waals surface area contributed by atoms with E-state index >= 15 is 0 Å². The second kappa shape index (κ2) is 4.14. The number of nitrogen functional groups attached to an aromatic ring is 1. The zero-order valence-electron chi connectivity index (χ0n) is 8.61. The molecule has 4 nitrogen and oxygen atoms in total. The van der Waals surface area contributed by atoms with Crippen molar-refractivity contribution in [3.63, 3.8) is 0 Å². The number of rotatable bonds is 4. The number of hydrogen-bond donors (Lipinski definition) is 2. The highest BCUT2D eigenvalue weighted by Crippen LogP contribution is 2.33. The molecule has 0 heterocycles. The van der Waals surface area contributed by atoms with E-state index in [2.05, 4.69) is 4.72 Å². The van der Waals surface area contributed by atoms with Gasteiger partial charge in [0.25, 0.3) is 0 Å². The van der Waals surface area contributed by atoms with Gasteiger partial charge in [-0.3, -0.25) is 4.72 Å². The van der Waals surface area contributed by atoms with Crippen molar-refractivity contribution >= 4 is 33.0 Å². The fourth-order valence-electron chi connectivity index (χ4n) is 1.44. The van der Waals surface area contributed by atoms with Gasteiger partial charge in [0.05, 0.1) is 22.2 Å². The Hall–Kier alpha value is -0.940. The predicted octanol–water partition coefficient (Wildman–Crippen LogP) is 2.07. The first kappa shape index (κ1) is 11.5. The lowest BCUT2D eigenvalue weighted by Gasteiger charge is -2.11. The van der Waals surface area contributed by atoms with Crippen molar-refractivity contribution < 1.29 is 8.42 Å². The van der Waals surface area contributed by atoms with Crippen molar-refractivity contribution in [2.45, 2.75) is 12.8 Å². The van der Waals surface area contributed by atoms with E-state index in [4.69, 9.17) is 17.3 Å². The van der Waals surface area contributed by atoms with Gasteiger partial charge in [0.2, 0.25) is 10.0 Å². The molecule has 1 saturated carbocycles. The maximum atomic E-state index is 11.7. The number of sulfonamides is 1. The van der Waals surface area contributed by atoms with Crippen LogP contribution < -0.4 is 10.5 Å². The summed E-state index contributed by atoms with van der Waals surface area (Å²) in [6, 6.07) is 4.89. The monoisotopic (exact) mass is 260 g/mol. The van der Waals surface area contributed by atoms with Gasteiger partial charge < -0.3 is 5.73 Å². The summed E-state index contributed by atoms with van der Waals surface area (Å²) in [5.41, 5.74) is 6.29. The second-order valence-electron chi connectivity index (χ2n) is 4.03. The molecule has 1 aliphatic carbocycles. The first-order valence-electron chi connectivity index (χ1n) is 5.02. The van der Waals surface area contributed by atoms with Crippen LogP contribution in [0.1, 0.15) is 12.8 Å². The first-order chi connectivity index (χ1) is 7.48. The van der Waals surface area contributed by atoms with Crippen LogP contribution in [0.3, 0.4) is 0 Å². The quantitative estimate of drug-likeness (QED) is 0.814. The van der Waals surface area contributed by atoms with Crippen molar-refractivity contribution in [3.8, 4) is 0 Å². The normalized spacial score (nSPS) is 16.1. The first-order valence-corrected chi connectivity index (χ1v) is 7.05. The lowest BCUT2D eigenvalue weighted by molar-refractivity contribution is 0.597. The number of halogens is 1. The molecule has 3 N–H and O–H groups in total. The van der Waals surface area contributed by atoms with Crippen molar-refractivity contribution in [1.29, 1.82) is 0 Å². The van der Waals surface area contributed by atoms with E-state index in [1.807, 2.05) is 0 Å². The largest absolute Gasteiger partial charge is 0.397 e. The molecule has 1 fully saturated rings. The van der Waals surface area contributed by atoms with Gasteiger partial charge in [0, 0.05) is 0 Å². The van der Waals surface area contributed by atoms with E-state index in [1.165, 1.54) is 0 Å². The molecule has 1 aliphatic rings. The highest BCUT2D eigenvalue weighted by Gasteiger charge is 2.28. The van der Waals surface area contributed by atoms with E-state index in [1.54, 1.807) is 18.2 Å². The Kier molecular flexibility index (Phi) is 2.99. The molecule has 0 bridgehead atoms. The zero-order valence-corrected chi connectivity index (χ0v) is 10.2. The van der Waals surface area contributed by atoms with Crippen molar-refractivity contribution in [2.24, 2.45) is 5.92 Å². The summed E-state index contributed by atoms with van der Waals surface area (Å²) < 4.78 is 25.9. The third-order valence-corrected chi connectivity index (χ3v) is 4.20. The maximum Gasteiger partial charge on any atom is 0.233 e. The van der Waals surface area contributed by atoms with Gasteiger partial charge in [-0.25, -0.2) is 8.42 Å². The van der Waals surface area contributed by atoms with E-state index in [0.717, 1.165) is 12.8 Å². The fourth-order valence-corrected chi connectivity index (χ4v) is 3.30. The molecule has 0 amide bonds. The third-order valence-electron chi connectivity index (χ3n) is 2.46. The average Bonchev–Trinajstić information content (AvgIpc) is 2.95. The van der Waals surface area contributed by atoms with Crippen LogP contribution in [0.4, 0.5) is 11.4 Å². The minimum atomic E-state index is -3.33. The Morgan fingerprint density at radius 1 is 1.44 bits per heavy atom. The molecule has 6 heteroatoms. The van der Waals surface area contributed by atoms with Crippen LogP contribution in [0.2, 0.25) is 5.02 Å². The van der Waals surface area contributed by atoms with Gasteiger partial charge in [0.1, 0.15) is 0 Å². The number of benzene rings is 1. The molecule has 1 aromatic rings. The summed E-state index contributed by atoms with van der Waals surface area (Å²) in [6.45, 7) is 0. The van der Waals surface area contributed by atoms with Crippen LogP contribution in [-0.4, -0.2) is 14.2 Å². The number of nitrogens with one attached hydrogen (secondary N) is 1. The smallest absolute Gasteiger partial charge is 0.233 e. The van der Waals surface area contributed by atoms with Crippen LogP contribution in [0.25, 0.3) is 0 Å². The molecule has 0 radical (unpaired) electrons. The lowest BCUT2D eigenvalue weighted by atomic mass is 10.3. The van der Waals surface area contributed by atoms with E-state index < -0.39 is 10.0 Å². The number of hydrogen-bond acceptors (Lipinski definition) is 3. The fraction of sp³-hybridized carbons (Fsp3) is 0.400. The summed E-state index contributed by atoms with van der Waals surface area (Å²) in [6.07, 6.45) is 1.97. The standard InChI is InChI=1S/C10H13ClN2O2S/c11-8-2-1-3-9(12)10(8)13-16(14,15)6-7-4-5-7/h1-3,7,13H,4-6,12H2. The SMILES string of the molecule is Nc1cccc(Cl)c1NS(=O)(=O)CC1CC1. The van der Waals surface area contributed by atoms with Gasteiger partial charge in [-0.05, 0) is 30.9 Å². The van der Waals surface area contributed by atoms with Crippen LogP contribution in [0, 0.1) is 5.92 Å². The molecule has 2 rings (SSSR count). The maximum absolute atomic E-state index is 11.7. The van der Waals surface area contributed by atoms with Gasteiger partial charge in [-0.2, -0.15) is 0 Å². The Labute approximate surface area is 99.8 Å². The van der Waals surface area contributed by atoms with E-state index in [9.17, 15) is 8.42 Å². The molecule has 0 unspecified atom stereocenters. The van der Waals surface area contributed by atoms with Crippen LogP contribution in [0.5, 0.6) is 0 Å². The van der Waals surface area contributed by atoms with Crippen LogP contribution >= 0.6 is 11.6 Å². The Bertz CT molecular complexity index is 477. The minimum absolute atomic E-state index is 0.150. The van der Waals surface area contributed by atoms with Crippen molar-refractivity contribution in [3.05, 3.63) is 23.2 Å². The number of para-hydroxylation sites is 1. The van der Waals surface area contributed by atoms with Gasteiger partial charge in [0.15, 0.2) is 0 Å². The van der Waals surface area contributed by atoms with E-state index in [-0.39, 0.29) is 11.4 Å². The van der Waals surface area contributed by atoms with Gasteiger partial charge in [-0.15, -0.1) is 0 Å². The Balaban J connectivity index is 2.19. The second-order valence-corrected chi connectivity index (χ2v) is 6.21. The summed E-state index contributed by atoms with van der Waals surface area (Å²) in [4.78, 5) is 0. The summed E-state index contributed by atoms with van der Waals surface area (Å²) in [5.74, 6) is 0.443. The molecular formula is C10H13ClN2O2S. The summed E-state index contributed by atoms with van der Waals surface area (Å²) in [5, 5.41) is 0.319. The van der Waals surface area contributed by atoms with E-state index in [0.29, 0.717) is 16.6 Å². The molecule has 1 aromatic carbocycles. The molecule has 0 saturated heterocycles. The molecule has 0 spiro atoms. The molecule has 0 atom stereocenters. The summed E-state index contributed by atoms with van der Waals surface area (Å²) in [7, 11) is -3.33. The Morgan fingerprint density at radius 2 is 2.12 bits per heavy atom.